The van der Waals surface area contributed by atoms with Crippen LogP contribution in [0.2, 0.25) is 0 Å². The third kappa shape index (κ3) is 16.1. The summed E-state index contributed by atoms with van der Waals surface area (Å²) < 4.78 is 13.4. The second-order valence-electron chi connectivity index (χ2n) is 12.2. The fraction of sp³-hybridized carbons (Fsp3) is 0.465. The van der Waals surface area contributed by atoms with E-state index in [9.17, 15) is 4.39 Å². The molecule has 0 amide bonds. The molecule has 4 rings (SSSR count). The van der Waals surface area contributed by atoms with Crippen molar-refractivity contribution in [3.8, 4) is 0 Å². The highest BCUT2D eigenvalue weighted by atomic mass is 19.1. The van der Waals surface area contributed by atoms with Gasteiger partial charge in [0.2, 0.25) is 0 Å². The summed E-state index contributed by atoms with van der Waals surface area (Å²) in [5.41, 5.74) is 7.78. The average Bonchev–Trinajstić information content (AvgIpc) is 3.09. The van der Waals surface area contributed by atoms with Gasteiger partial charge in [0, 0.05) is 23.2 Å². The number of hydrogen-bond donors (Lipinski definition) is 0. The Bertz CT molecular complexity index is 1240. The lowest BCUT2D eigenvalue weighted by atomic mass is 9.86. The highest BCUT2D eigenvalue weighted by molar-refractivity contribution is 5.66. The SMILES string of the molecule is C/C=C1/C=CC(F)=CN1/C(C)=C(\C)c1c#cccc1.C=C(C)c1ccc(CCCC)cc1.CC=O.CCCCCC1CCCCC1. The summed E-state index contributed by atoms with van der Waals surface area (Å²) in [4.78, 5) is 10.7. The normalized spacial score (nSPS) is 15.4. The molecule has 0 spiro atoms. The van der Waals surface area contributed by atoms with Crippen molar-refractivity contribution in [1.29, 1.82) is 0 Å². The van der Waals surface area contributed by atoms with Crippen LogP contribution in [0.3, 0.4) is 0 Å². The van der Waals surface area contributed by atoms with Crippen molar-refractivity contribution in [2.45, 2.75) is 126 Å². The van der Waals surface area contributed by atoms with Gasteiger partial charge < -0.3 is 9.69 Å². The van der Waals surface area contributed by atoms with Gasteiger partial charge in [0.05, 0.1) is 0 Å². The largest absolute Gasteiger partial charge is 0.318 e. The quantitative estimate of drug-likeness (QED) is 0.193. The molecule has 0 unspecified atom stereocenters. The van der Waals surface area contributed by atoms with Crippen LogP contribution in [-0.4, -0.2) is 11.2 Å². The van der Waals surface area contributed by atoms with E-state index >= 15 is 0 Å². The number of benzene rings is 1. The lowest BCUT2D eigenvalue weighted by Crippen LogP contribution is -2.16. The van der Waals surface area contributed by atoms with Gasteiger partial charge in [-0.25, -0.2) is 4.39 Å². The monoisotopic (exact) mass is 625 g/mol. The summed E-state index contributed by atoms with van der Waals surface area (Å²) in [6.07, 6.45) is 24.6. The zero-order valence-electron chi connectivity index (χ0n) is 29.9. The van der Waals surface area contributed by atoms with Crippen molar-refractivity contribution in [1.82, 2.24) is 4.90 Å². The molecule has 2 aliphatic rings. The molecule has 0 radical (unpaired) electrons. The van der Waals surface area contributed by atoms with Gasteiger partial charge in [-0.3, -0.25) is 0 Å². The predicted molar refractivity (Wildman–Crippen MR) is 199 cm³/mol. The summed E-state index contributed by atoms with van der Waals surface area (Å²) in [6, 6.07) is 20.5. The van der Waals surface area contributed by atoms with Crippen molar-refractivity contribution >= 4 is 17.4 Å². The van der Waals surface area contributed by atoms with Gasteiger partial charge in [-0.1, -0.05) is 139 Å². The lowest BCUT2D eigenvalue weighted by molar-refractivity contribution is -0.106. The lowest BCUT2D eigenvalue weighted by Gasteiger charge is -2.26. The number of unbranched alkanes of at least 4 members (excludes halogenated alkanes) is 3. The van der Waals surface area contributed by atoms with Crippen molar-refractivity contribution in [2.75, 3.05) is 0 Å². The molecular formula is C43H60FNO. The standard InChI is InChI=1S/C17H16FN.C13H18.C11H22.C2H4O/c1-4-17-11-10-16(18)12-19(17)14(3)13(2)15-8-6-5-7-9-15;1-4-5-6-12-7-9-13(10-8-12)11(2)3;1-2-3-5-8-11-9-6-4-7-10-11;1-2-3/h4-6,8,10-12H,1-3H3;7-10H,2,4-6H2,1,3H3;11H,2-10H2,1H3;2H,1H3/b14-13+,17-4-;;;. The first-order valence-electron chi connectivity index (χ1n) is 17.4. The van der Waals surface area contributed by atoms with Gasteiger partial charge in [0.15, 0.2) is 0 Å². The molecule has 1 aliphatic carbocycles. The number of halogens is 1. The van der Waals surface area contributed by atoms with Gasteiger partial charge in [-0.15, -0.1) is 0 Å². The third-order valence-corrected chi connectivity index (χ3v) is 8.40. The van der Waals surface area contributed by atoms with Crippen LogP contribution in [0.5, 0.6) is 0 Å². The Morgan fingerprint density at radius 1 is 0.957 bits per heavy atom. The van der Waals surface area contributed by atoms with E-state index in [2.05, 4.69) is 56.8 Å². The molecule has 2 nitrogen and oxygen atoms in total. The molecule has 3 heteroatoms. The van der Waals surface area contributed by atoms with Crippen LogP contribution in [0.15, 0.2) is 90.7 Å². The molecular weight excluding hydrogens is 565 g/mol. The fourth-order valence-electron chi connectivity index (χ4n) is 5.46. The summed E-state index contributed by atoms with van der Waals surface area (Å²) in [6.45, 7) is 17.8. The summed E-state index contributed by atoms with van der Waals surface area (Å²) in [5, 5.41) is 0. The van der Waals surface area contributed by atoms with Crippen LogP contribution in [0.1, 0.15) is 136 Å². The number of carbonyl (C=O) groups is 1. The molecule has 1 saturated carbocycles. The summed E-state index contributed by atoms with van der Waals surface area (Å²) >= 11 is 0. The van der Waals surface area contributed by atoms with E-state index in [0.717, 1.165) is 40.3 Å². The van der Waals surface area contributed by atoms with Crippen LogP contribution in [0.4, 0.5) is 4.39 Å². The first-order valence-corrected chi connectivity index (χ1v) is 17.4. The van der Waals surface area contributed by atoms with Crippen LogP contribution in [-0.2, 0) is 11.2 Å². The Hall–Kier alpha value is -3.64. The maximum atomic E-state index is 13.4. The number of aryl methyl sites for hydroxylation is 1. The van der Waals surface area contributed by atoms with E-state index in [1.54, 1.807) is 6.08 Å². The van der Waals surface area contributed by atoms with Gasteiger partial charge >= 0.3 is 0 Å². The maximum Gasteiger partial charge on any atom is 0.139 e. The van der Waals surface area contributed by atoms with Crippen molar-refractivity contribution in [2.24, 2.45) is 5.92 Å². The highest BCUT2D eigenvalue weighted by Crippen LogP contribution is 2.28. The van der Waals surface area contributed by atoms with E-state index in [4.69, 9.17) is 4.79 Å². The minimum atomic E-state index is -0.249. The number of rotatable bonds is 10. The van der Waals surface area contributed by atoms with Crippen LogP contribution >= 0.6 is 0 Å². The first-order chi connectivity index (χ1) is 22.2. The van der Waals surface area contributed by atoms with Gasteiger partial charge in [-0.2, -0.15) is 0 Å². The second kappa shape index (κ2) is 24.6. The number of nitrogens with zero attached hydrogens (tertiary/aromatic N) is 1. The van der Waals surface area contributed by atoms with Crippen LogP contribution in [0, 0.1) is 18.1 Å². The maximum absolute atomic E-state index is 13.4. The summed E-state index contributed by atoms with van der Waals surface area (Å²) in [7, 11) is 0. The van der Waals surface area contributed by atoms with Gasteiger partial charge in [0.25, 0.3) is 0 Å². The molecule has 0 aromatic heterocycles. The Balaban J connectivity index is 0.000000344. The first kappa shape index (κ1) is 40.4. The molecule has 1 fully saturated rings. The van der Waals surface area contributed by atoms with Crippen molar-refractivity contribution in [3.05, 3.63) is 120 Å². The summed E-state index contributed by atoms with van der Waals surface area (Å²) in [5.74, 6) is 0.858. The Morgan fingerprint density at radius 2 is 1.61 bits per heavy atom. The van der Waals surface area contributed by atoms with Crippen LogP contribution < -0.4 is 0 Å². The van der Waals surface area contributed by atoms with E-state index < -0.39 is 0 Å². The predicted octanol–water partition coefficient (Wildman–Crippen LogP) is 13.0. The molecule has 1 heterocycles. The smallest absolute Gasteiger partial charge is 0.139 e. The molecule has 46 heavy (non-hydrogen) atoms. The number of allylic oxidation sites excluding steroid dienone is 7. The van der Waals surface area contributed by atoms with Gasteiger partial charge in [-0.05, 0) is 94.4 Å². The van der Waals surface area contributed by atoms with Gasteiger partial charge in [0.1, 0.15) is 12.1 Å². The molecule has 250 valence electrons. The molecule has 0 N–H and O–H groups in total. The van der Waals surface area contributed by atoms with E-state index in [0.29, 0.717) is 0 Å². The number of hydrogen-bond acceptors (Lipinski definition) is 2. The topological polar surface area (TPSA) is 20.3 Å². The highest BCUT2D eigenvalue weighted by Gasteiger charge is 2.14. The van der Waals surface area contributed by atoms with E-state index in [-0.39, 0.29) is 5.83 Å². The Morgan fingerprint density at radius 3 is 2.15 bits per heavy atom. The van der Waals surface area contributed by atoms with E-state index in [1.165, 1.54) is 107 Å². The molecule has 1 aliphatic heterocycles. The Labute approximate surface area is 281 Å². The molecule has 2 aromatic carbocycles. The molecule has 2 aromatic rings. The van der Waals surface area contributed by atoms with Crippen LogP contribution in [0.25, 0.3) is 11.1 Å². The minimum Gasteiger partial charge on any atom is -0.318 e. The van der Waals surface area contributed by atoms with Crippen molar-refractivity contribution in [3.63, 3.8) is 0 Å². The second-order valence-corrected chi connectivity index (χ2v) is 12.2. The molecule has 0 bridgehead atoms. The third-order valence-electron chi connectivity index (χ3n) is 8.40. The number of carbonyl (C=O) groups excluding carboxylic acids is 1. The number of aldehydes is 1. The minimum absolute atomic E-state index is 0.249. The zero-order chi connectivity index (χ0) is 34.2. The fourth-order valence-corrected chi connectivity index (χ4v) is 5.46. The van der Waals surface area contributed by atoms with E-state index in [1.807, 2.05) is 56.9 Å². The molecule has 0 saturated heterocycles. The Kier molecular flexibility index (Phi) is 21.6. The molecule has 0 atom stereocenters. The zero-order valence-corrected chi connectivity index (χ0v) is 29.9. The van der Waals surface area contributed by atoms with Crippen molar-refractivity contribution < 1.29 is 9.18 Å². The average molecular weight is 626 g/mol.